The van der Waals surface area contributed by atoms with Crippen molar-refractivity contribution in [1.29, 1.82) is 0 Å². The summed E-state index contributed by atoms with van der Waals surface area (Å²) in [6.45, 7) is 2.88. The van der Waals surface area contributed by atoms with E-state index in [0.29, 0.717) is 0 Å². The van der Waals surface area contributed by atoms with Crippen molar-refractivity contribution in [2.24, 2.45) is 10.1 Å². The van der Waals surface area contributed by atoms with E-state index in [1.54, 1.807) is 8.95 Å². The molecular weight excluding hydrogens is 485 g/mol. The molecule has 3 aromatic rings. The topological polar surface area (TPSA) is 46.0 Å². The van der Waals surface area contributed by atoms with Crippen molar-refractivity contribution in [3.8, 4) is 5.75 Å². The third kappa shape index (κ3) is 4.51. The third-order valence-corrected chi connectivity index (χ3v) is 20.8. The summed E-state index contributed by atoms with van der Waals surface area (Å²) in [6.07, 6.45) is 2.80. The van der Waals surface area contributed by atoms with E-state index in [1.807, 2.05) is 30.5 Å². The number of hydrogen-bond donors (Lipinski definition) is 1. The van der Waals surface area contributed by atoms with Gasteiger partial charge >= 0.3 is 180 Å². The Hall–Kier alpha value is -2.25. The minimum absolute atomic E-state index is 0.753. The van der Waals surface area contributed by atoms with Crippen LogP contribution in [0.4, 0.5) is 0 Å². The Morgan fingerprint density at radius 2 is 1.52 bits per heavy atom. The Labute approximate surface area is 179 Å². The molecule has 1 heterocycles. The first-order valence-corrected chi connectivity index (χ1v) is 18.1. The van der Waals surface area contributed by atoms with Crippen LogP contribution in [0.25, 0.3) is 0 Å². The molecule has 3 aromatic carbocycles. The molecule has 6 heteroatoms. The summed E-state index contributed by atoms with van der Waals surface area (Å²) in [5.74, 6) is 0.866. The van der Waals surface area contributed by atoms with Crippen molar-refractivity contribution >= 4 is 44.9 Å². The summed E-state index contributed by atoms with van der Waals surface area (Å²) in [5, 5.41) is 5.27. The number of fused-ring (bicyclic) bond motifs is 1. The Bertz CT molecular complexity index is 969. The minimum atomic E-state index is -3.77. The molecule has 1 aliphatic heterocycles. The molecule has 146 valence electrons. The number of benzene rings is 3. The van der Waals surface area contributed by atoms with E-state index in [1.165, 1.54) is 7.16 Å². The first-order valence-electron chi connectivity index (χ1n) is 9.73. The summed E-state index contributed by atoms with van der Waals surface area (Å²) in [6, 6.07) is 29.3. The monoisotopic (exact) mass is 509 g/mol. The number of rotatable bonds is 4. The fourth-order valence-electron chi connectivity index (χ4n) is 3.17. The normalized spacial score (nSPS) is 17.8. The number of hydrogen-bond acceptors (Lipinski definition) is 4. The molecule has 0 unspecified atom stereocenters. The van der Waals surface area contributed by atoms with E-state index in [-0.39, 0.29) is 0 Å². The van der Waals surface area contributed by atoms with Crippen LogP contribution in [0.2, 0.25) is 0 Å². The summed E-state index contributed by atoms with van der Waals surface area (Å²) in [5.41, 5.74) is 4.15. The van der Waals surface area contributed by atoms with E-state index in [9.17, 15) is 0 Å². The summed E-state index contributed by atoms with van der Waals surface area (Å²) >= 11 is -3.77. The van der Waals surface area contributed by atoms with E-state index >= 15 is 0 Å². The van der Waals surface area contributed by atoms with Crippen molar-refractivity contribution in [3.05, 3.63) is 90.5 Å². The SMILES string of the molecule is CCCN=C1N/N=C/c2ccccc2[O][Sn]([c]2ccccc2)([c]2ccccc2)[S]1. The Balaban J connectivity index is 1.94. The maximum atomic E-state index is 7.05. The predicted molar refractivity (Wildman–Crippen MR) is 126 cm³/mol. The average Bonchev–Trinajstić information content (AvgIpc) is 2.86. The van der Waals surface area contributed by atoms with Crippen LogP contribution in [0.3, 0.4) is 0 Å². The molecule has 0 saturated carbocycles. The summed E-state index contributed by atoms with van der Waals surface area (Å²) in [4.78, 5) is 4.78. The van der Waals surface area contributed by atoms with Crippen molar-refractivity contribution in [1.82, 2.24) is 5.43 Å². The second-order valence-electron chi connectivity index (χ2n) is 6.65. The van der Waals surface area contributed by atoms with Gasteiger partial charge in [0.1, 0.15) is 0 Å². The van der Waals surface area contributed by atoms with E-state index < -0.39 is 17.4 Å². The third-order valence-electron chi connectivity index (χ3n) is 4.56. The molecule has 0 saturated heterocycles. The van der Waals surface area contributed by atoms with Gasteiger partial charge < -0.3 is 0 Å². The van der Waals surface area contributed by atoms with Gasteiger partial charge in [0.25, 0.3) is 0 Å². The Morgan fingerprint density at radius 3 is 2.17 bits per heavy atom. The van der Waals surface area contributed by atoms with Gasteiger partial charge in [-0.25, -0.2) is 0 Å². The molecule has 4 rings (SSSR count). The number of amidine groups is 1. The van der Waals surface area contributed by atoms with E-state index in [0.717, 1.165) is 29.4 Å². The second-order valence-corrected chi connectivity index (χ2v) is 20.2. The predicted octanol–water partition coefficient (Wildman–Crippen LogP) is 3.76. The van der Waals surface area contributed by atoms with Crippen LogP contribution in [0.5, 0.6) is 5.75 Å². The quantitative estimate of drug-likeness (QED) is 0.547. The van der Waals surface area contributed by atoms with E-state index in [2.05, 4.69) is 78.1 Å². The van der Waals surface area contributed by atoms with Gasteiger partial charge in [-0.1, -0.05) is 0 Å². The summed E-state index contributed by atoms with van der Waals surface area (Å²) in [7, 11) is 1.75. The second kappa shape index (κ2) is 9.50. The molecule has 0 amide bonds. The van der Waals surface area contributed by atoms with Crippen LogP contribution in [0.1, 0.15) is 18.9 Å². The standard InChI is InChI=1S/C11H15N3OS.2C6H5.Sn/c1-2-7-12-11(16)14-13-8-9-5-3-4-6-10(9)15;2*1-2-4-6-5-3-1;/h3-6,8,15H,2,7H2,1H3,(H2,12,14,16);2*1-5H;/q;;;+2/p-2/b13-8+;;;. The van der Waals surface area contributed by atoms with E-state index in [4.69, 9.17) is 8.07 Å². The fraction of sp³-hybridized carbons (Fsp3) is 0.130. The molecule has 1 aliphatic rings. The average molecular weight is 508 g/mol. The zero-order valence-corrected chi connectivity index (χ0v) is 20.0. The molecule has 0 bridgehead atoms. The van der Waals surface area contributed by atoms with Crippen LogP contribution in [0.15, 0.2) is 95.0 Å². The molecule has 0 aromatic heterocycles. The first kappa shape index (κ1) is 20.0. The van der Waals surface area contributed by atoms with Crippen LogP contribution in [-0.2, 0) is 0 Å². The van der Waals surface area contributed by atoms with Crippen LogP contribution >= 0.6 is 8.95 Å². The van der Waals surface area contributed by atoms with Gasteiger partial charge in [0.2, 0.25) is 0 Å². The number of nitrogens with one attached hydrogen (secondary N) is 1. The molecule has 0 atom stereocenters. The Morgan fingerprint density at radius 1 is 0.897 bits per heavy atom. The first-order chi connectivity index (χ1) is 14.3. The van der Waals surface area contributed by atoms with Gasteiger partial charge in [0, 0.05) is 0 Å². The fourth-order valence-corrected chi connectivity index (χ4v) is 18.7. The van der Waals surface area contributed by atoms with Crippen LogP contribution < -0.4 is 15.7 Å². The molecule has 0 aliphatic carbocycles. The molecule has 1 N–H and O–H groups in total. The van der Waals surface area contributed by atoms with Crippen molar-refractivity contribution in [2.75, 3.05) is 6.54 Å². The number of para-hydroxylation sites is 1. The summed E-state index contributed by atoms with van der Waals surface area (Å²) < 4.78 is 9.55. The van der Waals surface area contributed by atoms with Crippen molar-refractivity contribution in [3.63, 3.8) is 0 Å². The van der Waals surface area contributed by atoms with Gasteiger partial charge in [0.15, 0.2) is 0 Å². The van der Waals surface area contributed by atoms with Gasteiger partial charge in [-0.3, -0.25) is 0 Å². The number of aliphatic imine (C=N–C) groups is 1. The van der Waals surface area contributed by atoms with Gasteiger partial charge in [-0.15, -0.1) is 0 Å². The van der Waals surface area contributed by atoms with Crippen molar-refractivity contribution in [2.45, 2.75) is 13.3 Å². The molecular formula is C23H23N3OSSn. The maximum absolute atomic E-state index is 7.05. The van der Waals surface area contributed by atoms with Crippen LogP contribution in [0, 0.1) is 0 Å². The molecule has 29 heavy (non-hydrogen) atoms. The van der Waals surface area contributed by atoms with Crippen LogP contribution in [-0.4, -0.2) is 35.3 Å². The Kier molecular flexibility index (Phi) is 6.56. The van der Waals surface area contributed by atoms with Crippen molar-refractivity contribution < 1.29 is 3.07 Å². The zero-order valence-electron chi connectivity index (χ0n) is 16.3. The molecule has 0 radical (unpaired) electrons. The van der Waals surface area contributed by atoms with Gasteiger partial charge in [-0.2, -0.15) is 0 Å². The number of nitrogens with zero attached hydrogens (tertiary/aromatic N) is 2. The molecule has 4 nitrogen and oxygen atoms in total. The molecule has 0 fully saturated rings. The molecule has 0 spiro atoms. The number of hydrazone groups is 1. The van der Waals surface area contributed by atoms with Gasteiger partial charge in [-0.05, 0) is 0 Å². The zero-order chi connectivity index (χ0) is 19.9. The van der Waals surface area contributed by atoms with Gasteiger partial charge in [0.05, 0.1) is 0 Å².